The van der Waals surface area contributed by atoms with Gasteiger partial charge in [-0.15, -0.1) is 11.8 Å². The van der Waals surface area contributed by atoms with E-state index in [9.17, 15) is 19.6 Å². The van der Waals surface area contributed by atoms with Crippen LogP contribution >= 0.6 is 20.2 Å². The number of aliphatic carboxylic acids is 1. The van der Waals surface area contributed by atoms with E-state index >= 15 is 0 Å². The molecule has 0 aliphatic rings. The van der Waals surface area contributed by atoms with Crippen molar-refractivity contribution in [3.05, 3.63) is 30.3 Å². The van der Waals surface area contributed by atoms with Crippen LogP contribution in [-0.4, -0.2) is 33.7 Å². The van der Waals surface area contributed by atoms with Gasteiger partial charge in [0.1, 0.15) is 0 Å². The highest BCUT2D eigenvalue weighted by Gasteiger charge is 2.48. The average molecular weight is 315 g/mol. The van der Waals surface area contributed by atoms with Gasteiger partial charge in [-0.25, -0.2) is 4.79 Å². The summed E-state index contributed by atoms with van der Waals surface area (Å²) in [5.74, 6) is -1.32. The highest BCUT2D eigenvalue weighted by molar-refractivity contribution is 7.99. The van der Waals surface area contributed by atoms with Gasteiger partial charge in [-0.2, -0.15) is 0 Å². The van der Waals surface area contributed by atoms with E-state index in [-0.39, 0.29) is 12.1 Å². The van der Waals surface area contributed by atoms with Crippen LogP contribution in [-0.2, 0) is 9.36 Å². The van der Waals surface area contributed by atoms with Gasteiger partial charge in [0.25, 0.3) is 0 Å². The Balaban J connectivity index is 2.87. The van der Waals surface area contributed by atoms with Gasteiger partial charge in [0.2, 0.25) is 5.60 Å². The molecule has 0 heterocycles. The van der Waals surface area contributed by atoms with Gasteiger partial charge < -0.3 is 10.2 Å². The molecule has 0 amide bonds. The minimum absolute atomic E-state index is 0.0244. The maximum absolute atomic E-state index is 11.4. The van der Waals surface area contributed by atoms with Crippen LogP contribution in [0.5, 0.6) is 0 Å². The zero-order valence-corrected chi connectivity index (χ0v) is 13.4. The number of rotatable bonds is 8. The van der Waals surface area contributed by atoms with Crippen LogP contribution in [0.1, 0.15) is 13.8 Å². The molecule has 2 N–H and O–H groups in total. The fourth-order valence-corrected chi connectivity index (χ4v) is 4.08. The van der Waals surface area contributed by atoms with Gasteiger partial charge in [-0.3, -0.25) is 0 Å². The van der Waals surface area contributed by atoms with Gasteiger partial charge in [0, 0.05) is 16.6 Å². The fraction of sp³-hybridized carbons (Fsp3) is 0.500. The van der Waals surface area contributed by atoms with E-state index in [0.29, 0.717) is 5.75 Å². The molecule has 3 atom stereocenters. The Bertz CT molecular complexity index is 452. The van der Waals surface area contributed by atoms with E-state index in [1.165, 1.54) is 11.8 Å². The van der Waals surface area contributed by atoms with E-state index in [1.807, 2.05) is 44.2 Å². The number of hydrogen-bond acceptors (Lipinski definition) is 4. The Morgan fingerprint density at radius 2 is 1.95 bits per heavy atom. The van der Waals surface area contributed by atoms with E-state index in [2.05, 4.69) is 0 Å². The quantitative estimate of drug-likeness (QED) is 0.570. The molecule has 6 heteroatoms. The van der Waals surface area contributed by atoms with Crippen LogP contribution in [0, 0.1) is 11.8 Å². The molecule has 0 aliphatic heterocycles. The monoisotopic (exact) mass is 315 g/mol. The maximum Gasteiger partial charge on any atom is 0.340 e. The largest absolute Gasteiger partial charge is 0.479 e. The van der Waals surface area contributed by atoms with Crippen molar-refractivity contribution in [1.29, 1.82) is 0 Å². The van der Waals surface area contributed by atoms with Gasteiger partial charge >= 0.3 is 14.4 Å². The molecule has 20 heavy (non-hydrogen) atoms. The third kappa shape index (κ3) is 4.30. The summed E-state index contributed by atoms with van der Waals surface area (Å²) in [7, 11) is -0.832. The number of carbonyl (C=O) groups is 1. The van der Waals surface area contributed by atoms with Crippen molar-refractivity contribution in [2.45, 2.75) is 24.3 Å². The zero-order valence-electron chi connectivity index (χ0n) is 11.6. The fourth-order valence-electron chi connectivity index (χ4n) is 2.06. The lowest BCUT2D eigenvalue weighted by molar-refractivity contribution is -0.162. The molecule has 1 aromatic carbocycles. The molecule has 3 unspecified atom stereocenters. The second-order valence-electron chi connectivity index (χ2n) is 5.03. The van der Waals surface area contributed by atoms with Crippen LogP contribution in [0.25, 0.3) is 0 Å². The third-order valence-corrected chi connectivity index (χ3v) is 5.12. The predicted molar refractivity (Wildman–Crippen MR) is 81.9 cm³/mol. The Labute approximate surface area is 124 Å². The third-order valence-electron chi connectivity index (χ3n) is 3.30. The Morgan fingerprint density at radius 1 is 1.35 bits per heavy atom. The minimum atomic E-state index is -1.93. The molecule has 0 aliphatic carbocycles. The first-order valence-corrected chi connectivity index (χ1v) is 8.50. The number of carboxylic acids is 1. The summed E-state index contributed by atoms with van der Waals surface area (Å²) in [6, 6.07) is 9.62. The lowest BCUT2D eigenvalue weighted by atomic mass is 9.82. The number of hydrogen-bond donors (Lipinski definition) is 2. The molecule has 1 aromatic rings. The lowest BCUT2D eigenvalue weighted by Gasteiger charge is -2.31. The summed E-state index contributed by atoms with van der Waals surface area (Å²) in [4.78, 5) is 12.4. The van der Waals surface area contributed by atoms with Crippen molar-refractivity contribution in [2.75, 3.05) is 11.9 Å². The van der Waals surface area contributed by atoms with E-state index in [0.717, 1.165) is 4.90 Å². The van der Waals surface area contributed by atoms with Crippen molar-refractivity contribution in [2.24, 2.45) is 11.8 Å². The summed E-state index contributed by atoms with van der Waals surface area (Å²) >= 11 is 1.50. The summed E-state index contributed by atoms with van der Waals surface area (Å²) in [6.45, 7) is 3.75. The van der Waals surface area contributed by atoms with Crippen LogP contribution < -0.4 is 0 Å². The van der Waals surface area contributed by atoms with E-state index < -0.39 is 25.9 Å². The smallest absolute Gasteiger partial charge is 0.340 e. The molecule has 0 bridgehead atoms. The summed E-state index contributed by atoms with van der Waals surface area (Å²) < 4.78 is 10.8. The van der Waals surface area contributed by atoms with Gasteiger partial charge in [-0.05, 0) is 18.1 Å². The minimum Gasteiger partial charge on any atom is -0.479 e. The topological polar surface area (TPSA) is 74.6 Å². The van der Waals surface area contributed by atoms with Crippen molar-refractivity contribution in [3.63, 3.8) is 0 Å². The van der Waals surface area contributed by atoms with Crippen molar-refractivity contribution >= 4 is 26.2 Å². The number of aliphatic hydroxyl groups is 1. The van der Waals surface area contributed by atoms with Crippen molar-refractivity contribution < 1.29 is 19.6 Å². The SMILES string of the molecule is CC(C)C(CSc1ccccc1)C(O)(C[PH+]=O)C(=O)O. The standard InChI is InChI=1S/C14H19O4PS/c1-10(2)12(14(17,9-19-18)13(15)16)8-20-11-6-4-3-5-7-11/h3-7,10,12,17H,8-9H2,1-2H3,(H,15,16)/p+1. The van der Waals surface area contributed by atoms with Gasteiger partial charge in [0.05, 0.1) is 0 Å². The van der Waals surface area contributed by atoms with Crippen LogP contribution in [0.2, 0.25) is 0 Å². The summed E-state index contributed by atoms with van der Waals surface area (Å²) in [6.07, 6.45) is -0.236. The second-order valence-corrected chi connectivity index (χ2v) is 6.76. The number of carboxylic acid groups (broad SMARTS) is 1. The maximum atomic E-state index is 11.4. The highest BCUT2D eigenvalue weighted by atomic mass is 32.2. The van der Waals surface area contributed by atoms with Gasteiger partial charge in [0.15, 0.2) is 6.16 Å². The first-order chi connectivity index (χ1) is 9.41. The highest BCUT2D eigenvalue weighted by Crippen LogP contribution is 2.33. The molecule has 0 saturated carbocycles. The Kier molecular flexibility index (Phi) is 6.66. The molecule has 4 nitrogen and oxygen atoms in total. The molecule has 0 fully saturated rings. The van der Waals surface area contributed by atoms with Crippen LogP contribution in [0.3, 0.4) is 0 Å². The summed E-state index contributed by atoms with van der Waals surface area (Å²) in [5.41, 5.74) is -1.93. The average Bonchev–Trinajstić information content (AvgIpc) is 2.39. The normalized spacial score (nSPS) is 16.0. The molecular formula is C14H20O4PS+. The first-order valence-electron chi connectivity index (χ1n) is 6.40. The molecule has 0 saturated heterocycles. The number of thioether (sulfide) groups is 1. The molecule has 0 aromatic heterocycles. The number of benzene rings is 1. The predicted octanol–water partition coefficient (Wildman–Crippen LogP) is 2.89. The molecule has 0 radical (unpaired) electrons. The lowest BCUT2D eigenvalue weighted by Crippen LogP contribution is -2.50. The Hall–Kier alpha value is -0.900. The van der Waals surface area contributed by atoms with Crippen LogP contribution in [0.4, 0.5) is 0 Å². The molecule has 110 valence electrons. The van der Waals surface area contributed by atoms with Crippen molar-refractivity contribution in [3.8, 4) is 0 Å². The second kappa shape index (κ2) is 7.77. The van der Waals surface area contributed by atoms with Crippen LogP contribution in [0.15, 0.2) is 35.2 Å². The van der Waals surface area contributed by atoms with E-state index in [1.54, 1.807) is 0 Å². The molecule has 0 spiro atoms. The Morgan fingerprint density at radius 3 is 2.40 bits per heavy atom. The van der Waals surface area contributed by atoms with Gasteiger partial charge in [-0.1, -0.05) is 36.6 Å². The zero-order chi connectivity index (χ0) is 15.2. The molecular weight excluding hydrogens is 295 g/mol. The molecule has 1 rings (SSSR count). The first kappa shape index (κ1) is 17.2. The summed E-state index contributed by atoms with van der Waals surface area (Å²) in [5, 5.41) is 19.7. The van der Waals surface area contributed by atoms with Crippen molar-refractivity contribution in [1.82, 2.24) is 0 Å². The van der Waals surface area contributed by atoms with E-state index in [4.69, 9.17) is 0 Å².